The number of methoxy groups -OCH3 is 4. The number of rotatable bonds is 8. The molecule has 7 nitrogen and oxygen atoms in total. The number of benzene rings is 2. The van der Waals surface area contributed by atoms with E-state index < -0.39 is 0 Å². The molecule has 0 N–H and O–H groups in total. The molecule has 1 heterocycles. The molecule has 0 aliphatic carbocycles. The van der Waals surface area contributed by atoms with Crippen LogP contribution in [-0.4, -0.2) is 45.9 Å². The third-order valence-electron chi connectivity index (χ3n) is 4.83. The molecule has 8 heteroatoms. The molecular weight excluding hydrogens is 414 g/mol. The van der Waals surface area contributed by atoms with Gasteiger partial charge in [0.25, 0.3) is 0 Å². The SMILES string of the molecule is CCC(=Nn1c(-c2cc(OC)ccc2OC)csc1=NC)c1ccc(OC)c(OC)c1. The molecular formula is C23H27N3O4S. The zero-order valence-corrected chi connectivity index (χ0v) is 19.4. The standard InChI is InChI=1S/C23H27N3O4S/c1-7-18(15-8-10-21(29-5)22(12-15)30-6)25-26-19(14-31-23(26)24-2)17-13-16(27-3)9-11-20(17)28-4/h8-14H,7H2,1-6H3. The van der Waals surface area contributed by atoms with E-state index in [0.29, 0.717) is 11.5 Å². The van der Waals surface area contributed by atoms with E-state index in [1.54, 1.807) is 35.5 Å². The van der Waals surface area contributed by atoms with Crippen LogP contribution in [0, 0.1) is 0 Å². The predicted octanol–water partition coefficient (Wildman–Crippen LogP) is 4.44. The summed E-state index contributed by atoms with van der Waals surface area (Å²) in [6, 6.07) is 11.5. The van der Waals surface area contributed by atoms with Gasteiger partial charge in [-0.05, 0) is 42.8 Å². The van der Waals surface area contributed by atoms with Crippen LogP contribution in [0.15, 0.2) is 51.9 Å². The Bertz CT molecular complexity index is 1150. The number of ether oxygens (including phenoxy) is 4. The Morgan fingerprint density at radius 3 is 2.23 bits per heavy atom. The predicted molar refractivity (Wildman–Crippen MR) is 124 cm³/mol. The lowest BCUT2D eigenvalue weighted by molar-refractivity contribution is 0.355. The lowest BCUT2D eigenvalue weighted by atomic mass is 10.1. The van der Waals surface area contributed by atoms with E-state index >= 15 is 0 Å². The summed E-state index contributed by atoms with van der Waals surface area (Å²) < 4.78 is 23.7. The molecule has 164 valence electrons. The molecule has 0 spiro atoms. The van der Waals surface area contributed by atoms with Crippen LogP contribution in [0.1, 0.15) is 18.9 Å². The molecule has 1 aromatic heterocycles. The summed E-state index contributed by atoms with van der Waals surface area (Å²) in [7, 11) is 8.30. The summed E-state index contributed by atoms with van der Waals surface area (Å²) >= 11 is 1.51. The van der Waals surface area contributed by atoms with E-state index in [-0.39, 0.29) is 0 Å². The first-order valence-corrected chi connectivity index (χ1v) is 10.6. The molecule has 0 saturated carbocycles. The minimum absolute atomic E-state index is 0.659. The maximum Gasteiger partial charge on any atom is 0.205 e. The van der Waals surface area contributed by atoms with Gasteiger partial charge in [0.05, 0.1) is 39.8 Å². The quantitative estimate of drug-likeness (QED) is 0.485. The van der Waals surface area contributed by atoms with Crippen LogP contribution in [0.25, 0.3) is 11.3 Å². The van der Waals surface area contributed by atoms with E-state index in [4.69, 9.17) is 24.0 Å². The van der Waals surface area contributed by atoms with Gasteiger partial charge < -0.3 is 18.9 Å². The van der Waals surface area contributed by atoms with Crippen molar-refractivity contribution in [3.63, 3.8) is 0 Å². The fourth-order valence-corrected chi connectivity index (χ4v) is 4.00. The molecule has 3 aromatic rings. The molecule has 31 heavy (non-hydrogen) atoms. The smallest absolute Gasteiger partial charge is 0.205 e. The molecule has 0 aliphatic rings. The van der Waals surface area contributed by atoms with Crippen LogP contribution < -0.4 is 23.7 Å². The molecule has 2 aromatic carbocycles. The molecule has 0 fully saturated rings. The lowest BCUT2D eigenvalue weighted by Crippen LogP contribution is -2.15. The Morgan fingerprint density at radius 1 is 0.903 bits per heavy atom. The number of hydrogen-bond acceptors (Lipinski definition) is 7. The van der Waals surface area contributed by atoms with Crippen LogP contribution in [-0.2, 0) is 0 Å². The highest BCUT2D eigenvalue weighted by Gasteiger charge is 2.15. The van der Waals surface area contributed by atoms with E-state index in [1.807, 2.05) is 46.5 Å². The average Bonchev–Trinajstić information content (AvgIpc) is 3.23. The van der Waals surface area contributed by atoms with Crippen molar-refractivity contribution in [2.75, 3.05) is 35.5 Å². The van der Waals surface area contributed by atoms with Gasteiger partial charge in [0, 0.05) is 23.6 Å². The molecule has 0 radical (unpaired) electrons. The fraction of sp³-hybridized carbons (Fsp3) is 0.304. The normalized spacial score (nSPS) is 12.1. The summed E-state index contributed by atoms with van der Waals surface area (Å²) in [5.74, 6) is 2.81. The first kappa shape index (κ1) is 22.4. The Kier molecular flexibility index (Phi) is 7.36. The van der Waals surface area contributed by atoms with Gasteiger partial charge in [-0.2, -0.15) is 5.10 Å². The molecule has 0 unspecified atom stereocenters. The number of thiazole rings is 1. The van der Waals surface area contributed by atoms with E-state index in [1.165, 1.54) is 11.3 Å². The Hall–Kier alpha value is -3.26. The van der Waals surface area contributed by atoms with Crippen molar-refractivity contribution >= 4 is 17.0 Å². The summed E-state index contributed by atoms with van der Waals surface area (Å²) in [5.41, 5.74) is 3.58. The van der Waals surface area contributed by atoms with Crippen LogP contribution >= 0.6 is 11.3 Å². The van der Waals surface area contributed by atoms with Gasteiger partial charge in [0.15, 0.2) is 11.5 Å². The molecule has 0 atom stereocenters. The highest BCUT2D eigenvalue weighted by atomic mass is 32.1. The van der Waals surface area contributed by atoms with Gasteiger partial charge in [0.2, 0.25) is 4.80 Å². The second-order valence-electron chi connectivity index (χ2n) is 6.48. The van der Waals surface area contributed by atoms with E-state index in [9.17, 15) is 0 Å². The van der Waals surface area contributed by atoms with Crippen molar-refractivity contribution < 1.29 is 18.9 Å². The van der Waals surface area contributed by atoms with Crippen LogP contribution in [0.3, 0.4) is 0 Å². The van der Waals surface area contributed by atoms with Crippen molar-refractivity contribution in [2.45, 2.75) is 13.3 Å². The molecule has 0 amide bonds. The fourth-order valence-electron chi connectivity index (χ4n) is 3.22. The zero-order valence-electron chi connectivity index (χ0n) is 18.6. The summed E-state index contributed by atoms with van der Waals surface area (Å²) in [6.45, 7) is 2.07. The van der Waals surface area contributed by atoms with Gasteiger partial charge in [-0.1, -0.05) is 6.92 Å². The first-order chi connectivity index (χ1) is 15.1. The largest absolute Gasteiger partial charge is 0.497 e. The van der Waals surface area contributed by atoms with Crippen molar-refractivity contribution in [3.8, 4) is 34.3 Å². The number of nitrogens with zero attached hydrogens (tertiary/aromatic N) is 3. The second kappa shape index (κ2) is 10.2. The van der Waals surface area contributed by atoms with Crippen molar-refractivity contribution in [1.82, 2.24) is 4.68 Å². The summed E-state index contributed by atoms with van der Waals surface area (Å²) in [5, 5.41) is 6.99. The van der Waals surface area contributed by atoms with Crippen LogP contribution in [0.4, 0.5) is 0 Å². The Morgan fingerprint density at radius 2 is 1.61 bits per heavy atom. The van der Waals surface area contributed by atoms with Crippen molar-refractivity contribution in [2.24, 2.45) is 10.1 Å². The van der Waals surface area contributed by atoms with Crippen LogP contribution in [0.5, 0.6) is 23.0 Å². The van der Waals surface area contributed by atoms with Gasteiger partial charge in [-0.25, -0.2) is 4.68 Å². The highest BCUT2D eigenvalue weighted by molar-refractivity contribution is 7.07. The summed E-state index contributed by atoms with van der Waals surface area (Å²) in [4.78, 5) is 5.18. The Balaban J connectivity index is 2.20. The number of aromatic nitrogens is 1. The summed E-state index contributed by atoms with van der Waals surface area (Å²) in [6.07, 6.45) is 0.718. The third kappa shape index (κ3) is 4.59. The third-order valence-corrected chi connectivity index (χ3v) is 5.74. The molecule has 3 rings (SSSR count). The van der Waals surface area contributed by atoms with Crippen molar-refractivity contribution in [1.29, 1.82) is 0 Å². The average molecular weight is 442 g/mol. The first-order valence-electron chi connectivity index (χ1n) is 9.76. The van der Waals surface area contributed by atoms with Crippen molar-refractivity contribution in [3.05, 3.63) is 52.1 Å². The monoisotopic (exact) mass is 441 g/mol. The van der Waals surface area contributed by atoms with E-state index in [2.05, 4.69) is 11.9 Å². The Labute approximate surface area is 186 Å². The van der Waals surface area contributed by atoms with Gasteiger partial charge in [-0.15, -0.1) is 11.3 Å². The molecule has 0 saturated heterocycles. The minimum Gasteiger partial charge on any atom is -0.497 e. The van der Waals surface area contributed by atoms with Gasteiger partial charge in [0.1, 0.15) is 11.5 Å². The second-order valence-corrected chi connectivity index (χ2v) is 7.31. The van der Waals surface area contributed by atoms with Gasteiger partial charge >= 0.3 is 0 Å². The maximum absolute atomic E-state index is 5.60. The number of hydrogen-bond donors (Lipinski definition) is 0. The highest BCUT2D eigenvalue weighted by Crippen LogP contribution is 2.34. The topological polar surface area (TPSA) is 66.6 Å². The molecule has 0 bridgehead atoms. The van der Waals surface area contributed by atoms with E-state index in [0.717, 1.165) is 45.3 Å². The zero-order chi connectivity index (χ0) is 22.4. The minimum atomic E-state index is 0.659. The van der Waals surface area contributed by atoms with Gasteiger partial charge in [-0.3, -0.25) is 4.99 Å². The lowest BCUT2D eigenvalue weighted by Gasteiger charge is -2.13. The van der Waals surface area contributed by atoms with Crippen LogP contribution in [0.2, 0.25) is 0 Å². The molecule has 0 aliphatic heterocycles. The maximum atomic E-state index is 5.60.